The molecule has 0 radical (unpaired) electrons. The van der Waals surface area contributed by atoms with Gasteiger partial charge in [0.2, 0.25) is 0 Å². The molecule has 0 spiro atoms. The summed E-state index contributed by atoms with van der Waals surface area (Å²) in [6.07, 6.45) is 8.86. The molecule has 0 aromatic heterocycles. The monoisotopic (exact) mass is 224 g/mol. The van der Waals surface area contributed by atoms with Gasteiger partial charge in [0.1, 0.15) is 0 Å². The molecule has 1 atom stereocenters. The van der Waals surface area contributed by atoms with Crippen LogP contribution in [-0.2, 0) is 14.3 Å². The first-order chi connectivity index (χ1) is 7.72. The summed E-state index contributed by atoms with van der Waals surface area (Å²) in [5.41, 5.74) is 0. The van der Waals surface area contributed by atoms with Crippen LogP contribution in [0.2, 0.25) is 0 Å². The van der Waals surface area contributed by atoms with Crippen molar-refractivity contribution in [2.45, 2.75) is 45.4 Å². The number of rotatable bonds is 6. The molecular weight excluding hydrogens is 204 g/mol. The van der Waals surface area contributed by atoms with Crippen molar-refractivity contribution in [1.82, 2.24) is 0 Å². The van der Waals surface area contributed by atoms with Gasteiger partial charge in [0, 0.05) is 12.8 Å². The van der Waals surface area contributed by atoms with E-state index in [4.69, 9.17) is 4.74 Å². The molecular formula is C13H20O3. The number of ketones is 1. The Balaban J connectivity index is 2.05. The fourth-order valence-corrected chi connectivity index (χ4v) is 1.90. The van der Waals surface area contributed by atoms with Crippen LogP contribution in [0, 0.1) is 5.92 Å². The van der Waals surface area contributed by atoms with Crippen LogP contribution >= 0.6 is 0 Å². The summed E-state index contributed by atoms with van der Waals surface area (Å²) in [4.78, 5) is 22.0. The second-order valence-electron chi connectivity index (χ2n) is 4.17. The van der Waals surface area contributed by atoms with E-state index in [0.29, 0.717) is 25.4 Å². The highest BCUT2D eigenvalue weighted by atomic mass is 16.5. The summed E-state index contributed by atoms with van der Waals surface area (Å²) in [6, 6.07) is 0. The van der Waals surface area contributed by atoms with Gasteiger partial charge in [0.25, 0.3) is 0 Å². The van der Waals surface area contributed by atoms with Crippen molar-refractivity contribution < 1.29 is 14.3 Å². The summed E-state index contributed by atoms with van der Waals surface area (Å²) in [7, 11) is 0. The fraction of sp³-hybridized carbons (Fsp3) is 0.692. The van der Waals surface area contributed by atoms with E-state index in [9.17, 15) is 9.59 Å². The lowest BCUT2D eigenvalue weighted by molar-refractivity contribution is -0.143. The summed E-state index contributed by atoms with van der Waals surface area (Å²) >= 11 is 0. The van der Waals surface area contributed by atoms with Gasteiger partial charge in [-0.2, -0.15) is 0 Å². The van der Waals surface area contributed by atoms with Gasteiger partial charge >= 0.3 is 5.97 Å². The molecule has 3 heteroatoms. The Morgan fingerprint density at radius 3 is 2.94 bits per heavy atom. The number of carbonyl (C=O) groups excluding carboxylic acids is 2. The first-order valence-corrected chi connectivity index (χ1v) is 6.09. The Bertz CT molecular complexity index is 268. The molecule has 0 unspecified atom stereocenters. The molecule has 0 aromatic rings. The first kappa shape index (κ1) is 12.9. The second-order valence-corrected chi connectivity index (χ2v) is 4.17. The van der Waals surface area contributed by atoms with Crippen molar-refractivity contribution in [3.63, 3.8) is 0 Å². The van der Waals surface area contributed by atoms with Gasteiger partial charge in [-0.1, -0.05) is 12.5 Å². The average Bonchev–Trinajstić information content (AvgIpc) is 2.27. The van der Waals surface area contributed by atoms with Gasteiger partial charge in [-0.25, -0.2) is 0 Å². The Hall–Kier alpha value is -1.12. The zero-order valence-corrected chi connectivity index (χ0v) is 9.91. The smallest absolute Gasteiger partial charge is 0.305 e. The standard InChI is InChI=1S/C13H20O3/c1-2-16-13(15)6-4-3-5-11-7-9-12(14)10-8-11/h7,9,11H,2-6,8,10H2,1H3/t11-/m1/s1. The molecule has 0 fully saturated rings. The SMILES string of the molecule is CCOC(=O)CCCC[C@@H]1C=CC(=O)CC1. The summed E-state index contributed by atoms with van der Waals surface area (Å²) in [6.45, 7) is 2.29. The van der Waals surface area contributed by atoms with Crippen LogP contribution < -0.4 is 0 Å². The molecule has 16 heavy (non-hydrogen) atoms. The first-order valence-electron chi connectivity index (χ1n) is 6.09. The van der Waals surface area contributed by atoms with Gasteiger partial charge in [0.05, 0.1) is 6.61 Å². The summed E-state index contributed by atoms with van der Waals surface area (Å²) in [5.74, 6) is 0.666. The van der Waals surface area contributed by atoms with E-state index in [2.05, 4.69) is 0 Å². The van der Waals surface area contributed by atoms with E-state index < -0.39 is 0 Å². The van der Waals surface area contributed by atoms with Crippen LogP contribution in [0.1, 0.15) is 45.4 Å². The number of hydrogen-bond donors (Lipinski definition) is 0. The molecule has 0 heterocycles. The predicted molar refractivity (Wildman–Crippen MR) is 62.0 cm³/mol. The van der Waals surface area contributed by atoms with E-state index >= 15 is 0 Å². The minimum absolute atomic E-state index is 0.100. The molecule has 1 rings (SSSR count). The van der Waals surface area contributed by atoms with E-state index in [1.54, 1.807) is 6.08 Å². The number of hydrogen-bond acceptors (Lipinski definition) is 3. The van der Waals surface area contributed by atoms with Crippen molar-refractivity contribution >= 4 is 11.8 Å². The molecule has 0 bridgehead atoms. The molecule has 1 aliphatic rings. The van der Waals surface area contributed by atoms with Crippen molar-refractivity contribution in [1.29, 1.82) is 0 Å². The molecule has 90 valence electrons. The minimum Gasteiger partial charge on any atom is -0.466 e. The molecule has 0 amide bonds. The Kier molecular flexibility index (Phi) is 5.83. The zero-order chi connectivity index (χ0) is 11.8. The maximum atomic E-state index is 11.1. The quantitative estimate of drug-likeness (QED) is 0.514. The van der Waals surface area contributed by atoms with Gasteiger partial charge in [-0.3, -0.25) is 9.59 Å². The van der Waals surface area contributed by atoms with Crippen molar-refractivity contribution in [3.8, 4) is 0 Å². The summed E-state index contributed by atoms with van der Waals surface area (Å²) < 4.78 is 4.85. The molecule has 0 aliphatic heterocycles. The fourth-order valence-electron chi connectivity index (χ4n) is 1.90. The lowest BCUT2D eigenvalue weighted by Crippen LogP contribution is -2.08. The van der Waals surface area contributed by atoms with E-state index in [1.807, 2.05) is 13.0 Å². The average molecular weight is 224 g/mol. The number of unbranched alkanes of at least 4 members (excludes halogenated alkanes) is 1. The third-order valence-electron chi connectivity index (χ3n) is 2.83. The van der Waals surface area contributed by atoms with Crippen molar-refractivity contribution in [3.05, 3.63) is 12.2 Å². The Morgan fingerprint density at radius 2 is 2.31 bits per heavy atom. The van der Waals surface area contributed by atoms with Crippen molar-refractivity contribution in [2.24, 2.45) is 5.92 Å². The predicted octanol–water partition coefficient (Wildman–Crippen LogP) is 2.65. The second kappa shape index (κ2) is 7.20. The third kappa shape index (κ3) is 5.10. The molecule has 0 N–H and O–H groups in total. The number of carbonyl (C=O) groups is 2. The molecule has 0 saturated heterocycles. The van der Waals surface area contributed by atoms with Crippen LogP contribution in [0.4, 0.5) is 0 Å². The van der Waals surface area contributed by atoms with Crippen LogP contribution in [0.5, 0.6) is 0 Å². The minimum atomic E-state index is -0.100. The highest BCUT2D eigenvalue weighted by Crippen LogP contribution is 2.21. The lowest BCUT2D eigenvalue weighted by atomic mass is 9.90. The normalized spacial score (nSPS) is 19.8. The topological polar surface area (TPSA) is 43.4 Å². The molecule has 3 nitrogen and oxygen atoms in total. The maximum absolute atomic E-state index is 11.1. The lowest BCUT2D eigenvalue weighted by Gasteiger charge is -2.14. The Labute approximate surface area is 96.9 Å². The molecule has 0 aromatic carbocycles. The third-order valence-corrected chi connectivity index (χ3v) is 2.83. The van der Waals surface area contributed by atoms with Crippen LogP contribution in [-0.4, -0.2) is 18.4 Å². The van der Waals surface area contributed by atoms with E-state index in [0.717, 1.165) is 25.7 Å². The van der Waals surface area contributed by atoms with Gasteiger partial charge in [-0.05, 0) is 38.2 Å². The Morgan fingerprint density at radius 1 is 1.50 bits per heavy atom. The van der Waals surface area contributed by atoms with Gasteiger partial charge in [0.15, 0.2) is 5.78 Å². The van der Waals surface area contributed by atoms with E-state index in [-0.39, 0.29) is 11.8 Å². The van der Waals surface area contributed by atoms with Crippen LogP contribution in [0.15, 0.2) is 12.2 Å². The van der Waals surface area contributed by atoms with Crippen LogP contribution in [0.3, 0.4) is 0 Å². The van der Waals surface area contributed by atoms with Crippen LogP contribution in [0.25, 0.3) is 0 Å². The number of ether oxygens (including phenoxy) is 1. The van der Waals surface area contributed by atoms with Crippen molar-refractivity contribution in [2.75, 3.05) is 6.61 Å². The van der Waals surface area contributed by atoms with Gasteiger partial charge in [-0.15, -0.1) is 0 Å². The largest absolute Gasteiger partial charge is 0.466 e. The summed E-state index contributed by atoms with van der Waals surface area (Å²) in [5, 5.41) is 0. The number of esters is 1. The number of allylic oxidation sites excluding steroid dienone is 2. The molecule has 0 saturated carbocycles. The maximum Gasteiger partial charge on any atom is 0.305 e. The molecule has 1 aliphatic carbocycles. The van der Waals surface area contributed by atoms with E-state index in [1.165, 1.54) is 0 Å². The highest BCUT2D eigenvalue weighted by molar-refractivity contribution is 5.90. The van der Waals surface area contributed by atoms with Gasteiger partial charge < -0.3 is 4.74 Å². The zero-order valence-electron chi connectivity index (χ0n) is 9.91. The highest BCUT2D eigenvalue weighted by Gasteiger charge is 2.12.